The Kier molecular flexibility index (Phi) is 2.42. The van der Waals surface area contributed by atoms with E-state index in [0.29, 0.717) is 6.54 Å². The largest absolute Gasteiger partial charge is 0.481 e. The van der Waals surface area contributed by atoms with Gasteiger partial charge >= 0.3 is 5.97 Å². The number of carbonyl (C=O) groups is 2. The highest BCUT2D eigenvalue weighted by atomic mass is 16.4. The number of nitrogens with zero attached hydrogens (tertiary/aromatic N) is 1. The smallest absolute Gasteiger partial charge is 0.305 e. The first kappa shape index (κ1) is 10.4. The average Bonchev–Trinajstić information content (AvgIpc) is 2.75. The van der Waals surface area contributed by atoms with E-state index in [0.717, 1.165) is 25.7 Å². The van der Waals surface area contributed by atoms with Gasteiger partial charge in [0.15, 0.2) is 0 Å². The Balaban J connectivity index is 2.01. The predicted molar refractivity (Wildman–Crippen MR) is 53.1 cm³/mol. The van der Waals surface area contributed by atoms with Gasteiger partial charge in [0.05, 0.1) is 12.0 Å². The molecule has 1 atom stereocenters. The van der Waals surface area contributed by atoms with Crippen molar-refractivity contribution in [2.75, 3.05) is 6.54 Å². The lowest BCUT2D eigenvalue weighted by molar-refractivity contribution is -0.140. The monoisotopic (exact) mass is 212 g/mol. The zero-order valence-corrected chi connectivity index (χ0v) is 8.61. The molecule has 0 aromatic heterocycles. The van der Waals surface area contributed by atoms with Gasteiger partial charge in [-0.05, 0) is 25.7 Å². The van der Waals surface area contributed by atoms with Crippen LogP contribution in [0.3, 0.4) is 0 Å². The van der Waals surface area contributed by atoms with E-state index in [9.17, 15) is 9.59 Å². The van der Waals surface area contributed by atoms with Gasteiger partial charge in [0.25, 0.3) is 0 Å². The fourth-order valence-electron chi connectivity index (χ4n) is 2.15. The normalized spacial score (nSPS) is 27.8. The fourth-order valence-corrected chi connectivity index (χ4v) is 2.15. The Hall–Kier alpha value is -1.10. The Morgan fingerprint density at radius 3 is 2.67 bits per heavy atom. The second kappa shape index (κ2) is 3.48. The van der Waals surface area contributed by atoms with Gasteiger partial charge in [0, 0.05) is 12.6 Å². The third kappa shape index (κ3) is 1.97. The summed E-state index contributed by atoms with van der Waals surface area (Å²) in [6, 6.07) is -0.143. The number of amides is 1. The summed E-state index contributed by atoms with van der Waals surface area (Å²) in [5, 5.41) is 8.72. The van der Waals surface area contributed by atoms with Crippen molar-refractivity contribution in [1.29, 1.82) is 0 Å². The molecular weight excluding hydrogens is 196 g/mol. The van der Waals surface area contributed by atoms with Crippen LogP contribution in [0.25, 0.3) is 0 Å². The molecule has 0 spiro atoms. The third-order valence-corrected chi connectivity index (χ3v) is 3.26. The highest BCUT2D eigenvalue weighted by molar-refractivity contribution is 5.89. The van der Waals surface area contributed by atoms with Crippen molar-refractivity contribution in [1.82, 2.24) is 4.90 Å². The van der Waals surface area contributed by atoms with Crippen molar-refractivity contribution in [3.63, 3.8) is 0 Å². The summed E-state index contributed by atoms with van der Waals surface area (Å²) in [5.74, 6) is -0.896. The number of hydrogen-bond donors (Lipinski definition) is 2. The van der Waals surface area contributed by atoms with E-state index in [2.05, 4.69) is 0 Å². The van der Waals surface area contributed by atoms with E-state index in [1.54, 1.807) is 4.90 Å². The van der Waals surface area contributed by atoms with Crippen molar-refractivity contribution in [3.8, 4) is 0 Å². The van der Waals surface area contributed by atoms with Gasteiger partial charge in [-0.3, -0.25) is 9.59 Å². The molecule has 5 nitrogen and oxygen atoms in total. The molecule has 1 unspecified atom stereocenters. The maximum Gasteiger partial charge on any atom is 0.305 e. The van der Waals surface area contributed by atoms with E-state index in [4.69, 9.17) is 10.8 Å². The lowest BCUT2D eigenvalue weighted by Crippen LogP contribution is -2.48. The molecule has 0 bridgehead atoms. The molecule has 1 aliphatic heterocycles. The van der Waals surface area contributed by atoms with E-state index in [1.807, 2.05) is 0 Å². The van der Waals surface area contributed by atoms with Crippen LogP contribution >= 0.6 is 0 Å². The second-order valence-corrected chi connectivity index (χ2v) is 4.55. The number of aliphatic carboxylic acids is 1. The maximum atomic E-state index is 11.9. The van der Waals surface area contributed by atoms with Crippen LogP contribution in [-0.4, -0.2) is 40.0 Å². The molecule has 1 amide bonds. The number of rotatable bonds is 3. The van der Waals surface area contributed by atoms with Crippen LogP contribution < -0.4 is 5.73 Å². The summed E-state index contributed by atoms with van der Waals surface area (Å²) < 4.78 is 0. The van der Waals surface area contributed by atoms with Crippen LogP contribution in [0.5, 0.6) is 0 Å². The van der Waals surface area contributed by atoms with Gasteiger partial charge in [-0.1, -0.05) is 0 Å². The Morgan fingerprint density at radius 2 is 2.13 bits per heavy atom. The Morgan fingerprint density at radius 1 is 1.47 bits per heavy atom. The molecule has 5 heteroatoms. The van der Waals surface area contributed by atoms with E-state index in [1.165, 1.54) is 0 Å². The molecule has 1 saturated carbocycles. The topological polar surface area (TPSA) is 83.6 Å². The van der Waals surface area contributed by atoms with Crippen molar-refractivity contribution in [2.24, 2.45) is 5.73 Å². The summed E-state index contributed by atoms with van der Waals surface area (Å²) in [4.78, 5) is 24.2. The van der Waals surface area contributed by atoms with Gasteiger partial charge < -0.3 is 15.7 Å². The lowest BCUT2D eigenvalue weighted by atomic mass is 10.1. The Labute approximate surface area is 88.2 Å². The first-order valence-electron chi connectivity index (χ1n) is 5.35. The standard InChI is InChI=1S/C10H16N2O3/c11-10(3-4-10)9(15)12-5-1-2-7(12)6-8(13)14/h7H,1-6,11H2,(H,13,14). The van der Waals surface area contributed by atoms with Crippen molar-refractivity contribution in [2.45, 2.75) is 43.7 Å². The SMILES string of the molecule is NC1(C(=O)N2CCCC2CC(=O)O)CC1. The molecule has 2 aliphatic rings. The molecule has 15 heavy (non-hydrogen) atoms. The third-order valence-electron chi connectivity index (χ3n) is 3.26. The molecule has 0 aromatic carbocycles. The van der Waals surface area contributed by atoms with Crippen molar-refractivity contribution < 1.29 is 14.7 Å². The predicted octanol–water partition coefficient (Wildman–Crippen LogP) is -0.0566. The zero-order chi connectivity index (χ0) is 11.1. The van der Waals surface area contributed by atoms with Crippen LogP contribution in [0, 0.1) is 0 Å². The van der Waals surface area contributed by atoms with Gasteiger partial charge in [-0.15, -0.1) is 0 Å². The summed E-state index contributed by atoms with van der Waals surface area (Å²) in [7, 11) is 0. The van der Waals surface area contributed by atoms with Gasteiger partial charge in [-0.2, -0.15) is 0 Å². The first-order chi connectivity index (χ1) is 7.03. The molecule has 1 saturated heterocycles. The number of likely N-dealkylation sites (tertiary alicyclic amines) is 1. The van der Waals surface area contributed by atoms with E-state index in [-0.39, 0.29) is 18.4 Å². The molecule has 84 valence electrons. The molecule has 3 N–H and O–H groups in total. The zero-order valence-electron chi connectivity index (χ0n) is 8.61. The maximum absolute atomic E-state index is 11.9. The van der Waals surface area contributed by atoms with Gasteiger partial charge in [0.1, 0.15) is 0 Å². The van der Waals surface area contributed by atoms with Crippen molar-refractivity contribution >= 4 is 11.9 Å². The van der Waals surface area contributed by atoms with Crippen molar-refractivity contribution in [3.05, 3.63) is 0 Å². The van der Waals surface area contributed by atoms with Gasteiger partial charge in [0.2, 0.25) is 5.91 Å². The summed E-state index contributed by atoms with van der Waals surface area (Å²) in [6.07, 6.45) is 3.19. The minimum absolute atomic E-state index is 0.0435. The van der Waals surface area contributed by atoms with Gasteiger partial charge in [-0.25, -0.2) is 0 Å². The number of carboxylic acid groups (broad SMARTS) is 1. The molecule has 2 rings (SSSR count). The molecule has 1 aliphatic carbocycles. The van der Waals surface area contributed by atoms with Crippen LogP contribution in [0.2, 0.25) is 0 Å². The van der Waals surface area contributed by atoms with E-state index < -0.39 is 11.5 Å². The molecule has 0 radical (unpaired) electrons. The van der Waals surface area contributed by atoms with Crippen LogP contribution in [0.15, 0.2) is 0 Å². The number of nitrogens with two attached hydrogens (primary N) is 1. The highest BCUT2D eigenvalue weighted by Gasteiger charge is 2.50. The van der Waals surface area contributed by atoms with Crippen LogP contribution in [0.1, 0.15) is 32.1 Å². The molecule has 2 fully saturated rings. The summed E-state index contributed by atoms with van der Waals surface area (Å²) in [5.41, 5.74) is 5.16. The lowest BCUT2D eigenvalue weighted by Gasteiger charge is -2.26. The number of carbonyl (C=O) groups excluding carboxylic acids is 1. The average molecular weight is 212 g/mol. The molecule has 1 heterocycles. The fraction of sp³-hybridized carbons (Fsp3) is 0.800. The number of hydrogen-bond acceptors (Lipinski definition) is 3. The number of carboxylic acids is 1. The summed E-state index contributed by atoms with van der Waals surface area (Å²) >= 11 is 0. The Bertz CT molecular complexity index is 299. The minimum atomic E-state index is -0.846. The molecule has 0 aromatic rings. The minimum Gasteiger partial charge on any atom is -0.481 e. The molecular formula is C10H16N2O3. The summed E-state index contributed by atoms with van der Waals surface area (Å²) in [6.45, 7) is 0.662. The van der Waals surface area contributed by atoms with Crippen LogP contribution in [0.4, 0.5) is 0 Å². The van der Waals surface area contributed by atoms with Crippen LogP contribution in [-0.2, 0) is 9.59 Å². The highest BCUT2D eigenvalue weighted by Crippen LogP contribution is 2.36. The van der Waals surface area contributed by atoms with E-state index >= 15 is 0 Å². The quantitative estimate of drug-likeness (QED) is 0.686. The first-order valence-corrected chi connectivity index (χ1v) is 5.35. The second-order valence-electron chi connectivity index (χ2n) is 4.55.